The summed E-state index contributed by atoms with van der Waals surface area (Å²) in [6, 6.07) is 0. The zero-order valence-corrected chi connectivity index (χ0v) is 23.5. The van der Waals surface area contributed by atoms with Crippen LogP contribution in [0.15, 0.2) is 0 Å². The molecule has 0 aliphatic carbocycles. The van der Waals surface area contributed by atoms with Crippen molar-refractivity contribution in [1.29, 1.82) is 0 Å². The lowest BCUT2D eigenvalue weighted by Crippen LogP contribution is -2.37. The fraction of sp³-hybridized carbons (Fsp3) is 0.960. The molecule has 0 amide bonds. The molecule has 0 aliphatic rings. The number of quaternary nitrogens is 1. The lowest BCUT2D eigenvalue weighted by molar-refractivity contribution is -0.870. The molecule has 0 heterocycles. The molecule has 0 aliphatic heterocycles. The van der Waals surface area contributed by atoms with Gasteiger partial charge in [-0.2, -0.15) is 0 Å². The summed E-state index contributed by atoms with van der Waals surface area (Å²) in [5.74, 6) is -0.225. The molecule has 2 unspecified atom stereocenters. The van der Waals surface area contributed by atoms with Crippen LogP contribution in [0.25, 0.3) is 0 Å². The maximum Gasteiger partial charge on any atom is 0.508 e. The van der Waals surface area contributed by atoms with E-state index in [4.69, 9.17) is 18.5 Å². The van der Waals surface area contributed by atoms with Crippen LogP contribution in [0, 0.1) is 5.92 Å². The van der Waals surface area contributed by atoms with Gasteiger partial charge in [0.2, 0.25) is 0 Å². The fourth-order valence-electron chi connectivity index (χ4n) is 3.49. The first kappa shape index (κ1) is 33.3. The first-order valence-electron chi connectivity index (χ1n) is 13.3. The average molecular weight is 510 g/mol. The van der Waals surface area contributed by atoms with Gasteiger partial charge in [-0.1, -0.05) is 84.0 Å². The third kappa shape index (κ3) is 23.1. The summed E-state index contributed by atoms with van der Waals surface area (Å²) in [6.45, 7) is 4.79. The van der Waals surface area contributed by atoms with Crippen LogP contribution in [0.4, 0.5) is 4.79 Å². The van der Waals surface area contributed by atoms with Crippen LogP contribution < -0.4 is 4.89 Å². The molecule has 34 heavy (non-hydrogen) atoms. The highest BCUT2D eigenvalue weighted by atomic mass is 31.2. The Morgan fingerprint density at radius 3 is 1.82 bits per heavy atom. The van der Waals surface area contributed by atoms with Crippen LogP contribution in [0.5, 0.6) is 0 Å². The van der Waals surface area contributed by atoms with Crippen molar-refractivity contribution in [3.8, 4) is 0 Å². The van der Waals surface area contributed by atoms with Crippen LogP contribution in [-0.2, 0) is 23.1 Å². The van der Waals surface area contributed by atoms with E-state index in [2.05, 4.69) is 6.92 Å². The molecular formula is C25H52NO7P. The molecule has 0 rings (SSSR count). The van der Waals surface area contributed by atoms with Crippen LogP contribution in [0.2, 0.25) is 0 Å². The van der Waals surface area contributed by atoms with Gasteiger partial charge in [-0.25, -0.2) is 4.79 Å². The van der Waals surface area contributed by atoms with Crippen molar-refractivity contribution in [2.24, 2.45) is 5.92 Å². The molecule has 0 aromatic heterocycles. The monoisotopic (exact) mass is 509 g/mol. The Morgan fingerprint density at radius 2 is 1.32 bits per heavy atom. The number of likely N-dealkylation sites (N-methyl/N-ethyl adjacent to an activating group) is 1. The zero-order chi connectivity index (χ0) is 25.7. The van der Waals surface area contributed by atoms with E-state index >= 15 is 0 Å². The molecule has 0 aromatic rings. The summed E-state index contributed by atoms with van der Waals surface area (Å²) in [5, 5.41) is 0. The molecule has 2 atom stereocenters. The van der Waals surface area contributed by atoms with Gasteiger partial charge in [0.05, 0.1) is 41.0 Å². The van der Waals surface area contributed by atoms with Gasteiger partial charge in [-0.15, -0.1) is 0 Å². The van der Waals surface area contributed by atoms with Gasteiger partial charge in [-0.05, 0) is 13.3 Å². The average Bonchev–Trinajstić information content (AvgIpc) is 2.75. The van der Waals surface area contributed by atoms with Crippen LogP contribution >= 0.6 is 7.82 Å². The molecule has 0 aromatic carbocycles. The summed E-state index contributed by atoms with van der Waals surface area (Å²) in [5.41, 5.74) is 0. The molecule has 204 valence electrons. The third-order valence-electron chi connectivity index (χ3n) is 5.64. The Kier molecular flexibility index (Phi) is 20.1. The summed E-state index contributed by atoms with van der Waals surface area (Å²) in [7, 11) is 1.47. The molecule has 0 radical (unpaired) electrons. The van der Waals surface area contributed by atoms with E-state index in [1.54, 1.807) is 6.92 Å². The maximum atomic E-state index is 12.1. The standard InChI is InChI=1S/C25H52NO7P/c1-6-8-9-10-11-12-13-14-15-16-17-18-19-24(22-31-25(27)30-7-2)23-33-34(28,29)32-21-20-26(3,4)5/h24H,6-23H2,1-5H3. The molecule has 0 bridgehead atoms. The quantitative estimate of drug-likeness (QED) is 0.0713. The first-order chi connectivity index (χ1) is 16.1. The van der Waals surface area contributed by atoms with Gasteiger partial charge in [0.15, 0.2) is 0 Å². The summed E-state index contributed by atoms with van der Waals surface area (Å²) in [4.78, 5) is 23.6. The molecule has 0 fully saturated rings. The summed E-state index contributed by atoms with van der Waals surface area (Å²) >= 11 is 0. The minimum Gasteiger partial charge on any atom is -0.756 e. The fourth-order valence-corrected chi connectivity index (χ4v) is 4.27. The van der Waals surface area contributed by atoms with Crippen molar-refractivity contribution in [2.45, 2.75) is 97.3 Å². The number of hydrogen-bond acceptors (Lipinski definition) is 7. The number of carbonyl (C=O) groups excluding carboxylic acids is 1. The van der Waals surface area contributed by atoms with E-state index in [0.29, 0.717) is 11.0 Å². The topological polar surface area (TPSA) is 94.1 Å². The number of hydrogen-bond donors (Lipinski definition) is 0. The number of rotatable bonds is 23. The highest BCUT2D eigenvalue weighted by molar-refractivity contribution is 7.45. The van der Waals surface area contributed by atoms with E-state index in [-0.39, 0.29) is 32.3 Å². The van der Waals surface area contributed by atoms with Crippen molar-refractivity contribution < 1.29 is 37.3 Å². The van der Waals surface area contributed by atoms with Crippen molar-refractivity contribution >= 4 is 14.0 Å². The van der Waals surface area contributed by atoms with E-state index in [1.807, 2.05) is 21.1 Å². The minimum atomic E-state index is -4.39. The highest BCUT2D eigenvalue weighted by Gasteiger charge is 2.18. The van der Waals surface area contributed by atoms with Crippen molar-refractivity contribution in [2.75, 3.05) is 54.1 Å². The Bertz CT molecular complexity index is 540. The van der Waals surface area contributed by atoms with Crippen LogP contribution in [0.1, 0.15) is 97.3 Å². The Hall–Kier alpha value is -0.660. The number of nitrogens with zero attached hydrogens (tertiary/aromatic N) is 1. The molecule has 8 nitrogen and oxygen atoms in total. The maximum absolute atomic E-state index is 12.1. The largest absolute Gasteiger partial charge is 0.756 e. The smallest absolute Gasteiger partial charge is 0.508 e. The number of unbranched alkanes of at least 4 members (excludes halogenated alkanes) is 11. The van der Waals surface area contributed by atoms with Crippen LogP contribution in [-0.4, -0.2) is 64.8 Å². The minimum absolute atomic E-state index is 0.0625. The van der Waals surface area contributed by atoms with Gasteiger partial charge in [0.25, 0.3) is 7.82 Å². The third-order valence-corrected chi connectivity index (χ3v) is 6.61. The summed E-state index contributed by atoms with van der Waals surface area (Å²) < 4.78 is 32.6. The van der Waals surface area contributed by atoms with E-state index < -0.39 is 14.0 Å². The normalized spacial score (nSPS) is 14.5. The molecule has 0 spiro atoms. The highest BCUT2D eigenvalue weighted by Crippen LogP contribution is 2.39. The molecule has 0 saturated carbocycles. The SMILES string of the molecule is CCCCCCCCCCCCCCC(COC(=O)OCC)COP(=O)([O-])OCC[N+](C)(C)C. The molecule has 9 heteroatoms. The van der Waals surface area contributed by atoms with E-state index in [1.165, 1.54) is 57.8 Å². The molecule has 0 saturated heterocycles. The van der Waals surface area contributed by atoms with Gasteiger partial charge in [-0.3, -0.25) is 4.57 Å². The second kappa shape index (κ2) is 20.5. The van der Waals surface area contributed by atoms with Crippen LogP contribution in [0.3, 0.4) is 0 Å². The first-order valence-corrected chi connectivity index (χ1v) is 14.8. The number of phosphoric acid groups is 1. The lowest BCUT2D eigenvalue weighted by atomic mass is 10.0. The Balaban J connectivity index is 4.18. The second-order valence-corrected chi connectivity index (χ2v) is 11.5. The van der Waals surface area contributed by atoms with E-state index in [0.717, 1.165) is 25.7 Å². The number of carbonyl (C=O) groups is 1. The predicted molar refractivity (Wildman–Crippen MR) is 135 cm³/mol. The number of ether oxygens (including phenoxy) is 2. The molecule has 0 N–H and O–H groups in total. The number of phosphoric ester groups is 1. The van der Waals surface area contributed by atoms with Crippen molar-refractivity contribution in [3.63, 3.8) is 0 Å². The molecular weight excluding hydrogens is 457 g/mol. The van der Waals surface area contributed by atoms with Crippen molar-refractivity contribution in [3.05, 3.63) is 0 Å². The van der Waals surface area contributed by atoms with Gasteiger partial charge in [0.1, 0.15) is 13.2 Å². The predicted octanol–water partition coefficient (Wildman–Crippen LogP) is 6.07. The lowest BCUT2D eigenvalue weighted by Gasteiger charge is -2.28. The Morgan fingerprint density at radius 1 is 0.794 bits per heavy atom. The summed E-state index contributed by atoms with van der Waals surface area (Å²) in [6.07, 6.45) is 15.0. The van der Waals surface area contributed by atoms with E-state index in [9.17, 15) is 14.3 Å². The van der Waals surface area contributed by atoms with Crippen molar-refractivity contribution in [1.82, 2.24) is 0 Å². The van der Waals surface area contributed by atoms with Gasteiger partial charge in [0, 0.05) is 5.92 Å². The second-order valence-electron chi connectivity index (χ2n) is 10.1. The van der Waals surface area contributed by atoms with Gasteiger partial charge >= 0.3 is 6.16 Å². The van der Waals surface area contributed by atoms with Gasteiger partial charge < -0.3 is 27.9 Å². The zero-order valence-electron chi connectivity index (χ0n) is 22.6. The Labute approximate surface area is 208 Å².